The predicted octanol–water partition coefficient (Wildman–Crippen LogP) is 2.04. The molecule has 1 amide bonds. The number of benzene rings is 1. The molecule has 1 saturated heterocycles. The van der Waals surface area contributed by atoms with E-state index in [0.29, 0.717) is 18.7 Å². The first-order chi connectivity index (χ1) is 11.2. The number of para-hydroxylation sites is 1. The molecule has 120 valence electrons. The summed E-state index contributed by atoms with van der Waals surface area (Å²) in [5.74, 6) is -0.176. The van der Waals surface area contributed by atoms with Crippen LogP contribution >= 0.6 is 0 Å². The highest BCUT2D eigenvalue weighted by molar-refractivity contribution is 5.94. The van der Waals surface area contributed by atoms with E-state index in [2.05, 4.69) is 22.0 Å². The fourth-order valence-electron chi connectivity index (χ4n) is 2.94. The molecule has 1 N–H and O–H groups in total. The molecule has 3 rings (SSSR count). The number of nitrogens with one attached hydrogen (secondary N) is 1. The van der Waals surface area contributed by atoms with Crippen LogP contribution in [0, 0.1) is 6.92 Å². The van der Waals surface area contributed by atoms with Crippen molar-refractivity contribution in [1.82, 2.24) is 9.88 Å². The molecule has 0 saturated carbocycles. The van der Waals surface area contributed by atoms with Crippen LogP contribution in [0.3, 0.4) is 0 Å². The molecule has 0 radical (unpaired) electrons. The normalized spacial score (nSPS) is 15.3. The highest BCUT2D eigenvalue weighted by atomic mass is 16.2. The topological polar surface area (TPSA) is 56.4 Å². The predicted molar refractivity (Wildman–Crippen MR) is 91.0 cm³/mol. The SMILES string of the molecule is Cc1c[nH]cc(C(=O)N2CCCN(c3ccccc3)CC2)c1=O. The molecule has 0 aliphatic carbocycles. The van der Waals surface area contributed by atoms with Crippen LogP contribution < -0.4 is 10.3 Å². The monoisotopic (exact) mass is 311 g/mol. The number of amides is 1. The zero-order chi connectivity index (χ0) is 16.2. The van der Waals surface area contributed by atoms with Gasteiger partial charge in [0.15, 0.2) is 5.43 Å². The Morgan fingerprint density at radius 1 is 1.04 bits per heavy atom. The van der Waals surface area contributed by atoms with Gasteiger partial charge in [0.05, 0.1) is 0 Å². The molecule has 1 aromatic carbocycles. The van der Waals surface area contributed by atoms with Crippen LogP contribution in [0.2, 0.25) is 0 Å². The summed E-state index contributed by atoms with van der Waals surface area (Å²) >= 11 is 0. The first-order valence-corrected chi connectivity index (χ1v) is 7.94. The number of nitrogens with zero attached hydrogens (tertiary/aromatic N) is 2. The molecule has 1 aromatic heterocycles. The van der Waals surface area contributed by atoms with Crippen molar-refractivity contribution in [2.75, 3.05) is 31.1 Å². The number of anilines is 1. The van der Waals surface area contributed by atoms with Crippen LogP contribution in [0.25, 0.3) is 0 Å². The number of H-pyrrole nitrogens is 1. The third-order valence-electron chi connectivity index (χ3n) is 4.27. The lowest BCUT2D eigenvalue weighted by Gasteiger charge is -2.23. The van der Waals surface area contributed by atoms with Gasteiger partial charge in [0.25, 0.3) is 5.91 Å². The van der Waals surface area contributed by atoms with Crippen LogP contribution in [0.1, 0.15) is 22.3 Å². The maximum Gasteiger partial charge on any atom is 0.259 e. The minimum atomic E-state index is -0.182. The van der Waals surface area contributed by atoms with Crippen molar-refractivity contribution < 1.29 is 4.79 Å². The zero-order valence-electron chi connectivity index (χ0n) is 13.3. The lowest BCUT2D eigenvalue weighted by molar-refractivity contribution is 0.0765. The second-order valence-corrected chi connectivity index (χ2v) is 5.85. The van der Waals surface area contributed by atoms with Gasteiger partial charge in [-0.15, -0.1) is 0 Å². The van der Waals surface area contributed by atoms with Crippen molar-refractivity contribution in [2.45, 2.75) is 13.3 Å². The van der Waals surface area contributed by atoms with Gasteiger partial charge < -0.3 is 14.8 Å². The Labute approximate surface area is 135 Å². The maximum atomic E-state index is 12.7. The molecule has 1 fully saturated rings. The first kappa shape index (κ1) is 15.3. The maximum absolute atomic E-state index is 12.7. The summed E-state index contributed by atoms with van der Waals surface area (Å²) < 4.78 is 0. The standard InChI is InChI=1S/C18H21N3O2/c1-14-12-19-13-16(17(14)22)18(23)21-9-5-8-20(10-11-21)15-6-3-2-4-7-15/h2-4,6-7,12-13H,5,8-11H2,1H3,(H,19,22). The fourth-order valence-corrected chi connectivity index (χ4v) is 2.94. The molecule has 2 heterocycles. The van der Waals surface area contributed by atoms with Crippen LogP contribution in [0.15, 0.2) is 47.5 Å². The van der Waals surface area contributed by atoms with Crippen molar-refractivity contribution in [3.05, 3.63) is 64.1 Å². The van der Waals surface area contributed by atoms with Crippen molar-refractivity contribution in [3.8, 4) is 0 Å². The summed E-state index contributed by atoms with van der Waals surface area (Å²) in [5.41, 5.74) is 1.79. The highest BCUT2D eigenvalue weighted by Gasteiger charge is 2.22. The number of aryl methyl sites for hydroxylation is 1. The molecule has 5 nitrogen and oxygen atoms in total. The second-order valence-electron chi connectivity index (χ2n) is 5.85. The van der Waals surface area contributed by atoms with Gasteiger partial charge >= 0.3 is 0 Å². The van der Waals surface area contributed by atoms with Crippen LogP contribution in [0.5, 0.6) is 0 Å². The Morgan fingerprint density at radius 2 is 1.83 bits per heavy atom. The number of pyridine rings is 1. The number of rotatable bonds is 2. The Balaban J connectivity index is 1.74. The molecule has 1 aliphatic rings. The molecule has 1 aliphatic heterocycles. The third-order valence-corrected chi connectivity index (χ3v) is 4.27. The van der Waals surface area contributed by atoms with E-state index < -0.39 is 0 Å². The van der Waals surface area contributed by atoms with E-state index in [1.807, 2.05) is 18.2 Å². The molecule has 0 bridgehead atoms. The minimum Gasteiger partial charge on any atom is -0.370 e. The number of carbonyl (C=O) groups is 1. The van der Waals surface area contributed by atoms with E-state index >= 15 is 0 Å². The van der Waals surface area contributed by atoms with Gasteiger partial charge in [-0.1, -0.05) is 18.2 Å². The molecule has 0 unspecified atom stereocenters. The van der Waals surface area contributed by atoms with Crippen molar-refractivity contribution >= 4 is 11.6 Å². The van der Waals surface area contributed by atoms with Crippen LogP contribution in [-0.2, 0) is 0 Å². The molecular weight excluding hydrogens is 290 g/mol. The average Bonchev–Trinajstić information content (AvgIpc) is 2.84. The van der Waals surface area contributed by atoms with Crippen LogP contribution in [0.4, 0.5) is 5.69 Å². The van der Waals surface area contributed by atoms with Crippen molar-refractivity contribution in [3.63, 3.8) is 0 Å². The minimum absolute atomic E-state index is 0.176. The molecule has 0 atom stereocenters. The molecule has 2 aromatic rings. The van der Waals surface area contributed by atoms with Gasteiger partial charge in [0.2, 0.25) is 0 Å². The number of hydrogen-bond acceptors (Lipinski definition) is 3. The largest absolute Gasteiger partial charge is 0.370 e. The van der Waals surface area contributed by atoms with Gasteiger partial charge in [0, 0.05) is 49.8 Å². The fraction of sp³-hybridized carbons (Fsp3) is 0.333. The Hall–Kier alpha value is -2.56. The van der Waals surface area contributed by atoms with Gasteiger partial charge in [-0.3, -0.25) is 9.59 Å². The molecule has 23 heavy (non-hydrogen) atoms. The molecule has 0 spiro atoms. The van der Waals surface area contributed by atoms with E-state index in [4.69, 9.17) is 0 Å². The molecular formula is C18H21N3O2. The Morgan fingerprint density at radius 3 is 2.61 bits per heavy atom. The van der Waals surface area contributed by atoms with E-state index in [0.717, 1.165) is 19.5 Å². The third kappa shape index (κ3) is 3.28. The second kappa shape index (κ2) is 6.69. The highest BCUT2D eigenvalue weighted by Crippen LogP contribution is 2.16. The van der Waals surface area contributed by atoms with Crippen molar-refractivity contribution in [1.29, 1.82) is 0 Å². The van der Waals surface area contributed by atoms with E-state index in [-0.39, 0.29) is 16.9 Å². The Kier molecular flexibility index (Phi) is 4.46. The molecule has 5 heteroatoms. The van der Waals surface area contributed by atoms with E-state index in [1.165, 1.54) is 11.9 Å². The lowest BCUT2D eigenvalue weighted by atomic mass is 10.2. The van der Waals surface area contributed by atoms with E-state index in [1.54, 1.807) is 18.0 Å². The van der Waals surface area contributed by atoms with E-state index in [9.17, 15) is 9.59 Å². The quantitative estimate of drug-likeness (QED) is 0.923. The lowest BCUT2D eigenvalue weighted by Crippen LogP contribution is -2.37. The van der Waals surface area contributed by atoms with Gasteiger partial charge in [0.1, 0.15) is 5.56 Å². The summed E-state index contributed by atoms with van der Waals surface area (Å²) in [4.78, 5) is 31.8. The number of carbonyl (C=O) groups excluding carboxylic acids is 1. The summed E-state index contributed by atoms with van der Waals surface area (Å²) in [6.07, 6.45) is 4.03. The number of hydrogen-bond donors (Lipinski definition) is 1. The van der Waals surface area contributed by atoms with Crippen LogP contribution in [-0.4, -0.2) is 42.0 Å². The van der Waals surface area contributed by atoms with Gasteiger partial charge in [-0.2, -0.15) is 0 Å². The Bertz CT molecular complexity index is 739. The summed E-state index contributed by atoms with van der Waals surface area (Å²) in [7, 11) is 0. The summed E-state index contributed by atoms with van der Waals surface area (Å²) in [6.45, 7) is 4.71. The first-order valence-electron chi connectivity index (χ1n) is 7.94. The number of aromatic amines is 1. The summed E-state index contributed by atoms with van der Waals surface area (Å²) in [6, 6.07) is 10.2. The summed E-state index contributed by atoms with van der Waals surface area (Å²) in [5, 5.41) is 0. The van der Waals surface area contributed by atoms with Gasteiger partial charge in [-0.05, 0) is 25.5 Å². The smallest absolute Gasteiger partial charge is 0.259 e. The average molecular weight is 311 g/mol. The van der Waals surface area contributed by atoms with Crippen molar-refractivity contribution in [2.24, 2.45) is 0 Å². The van der Waals surface area contributed by atoms with Gasteiger partial charge in [-0.25, -0.2) is 0 Å². The number of aromatic nitrogens is 1. The zero-order valence-corrected chi connectivity index (χ0v) is 13.3.